The van der Waals surface area contributed by atoms with Crippen LogP contribution in [-0.4, -0.2) is 33.9 Å². The molecular formula is C23H22N4O2. The highest BCUT2D eigenvalue weighted by molar-refractivity contribution is 6.02. The number of carbonyl (C=O) groups is 1. The summed E-state index contributed by atoms with van der Waals surface area (Å²) in [6, 6.07) is 21.0. The first-order valence-electron chi connectivity index (χ1n) is 9.62. The minimum atomic E-state index is -0.165. The van der Waals surface area contributed by atoms with E-state index in [4.69, 9.17) is 0 Å². The molecule has 0 unspecified atom stereocenters. The molecule has 1 aromatic heterocycles. The Balaban J connectivity index is 1.49. The summed E-state index contributed by atoms with van der Waals surface area (Å²) in [7, 11) is 0. The fraction of sp³-hybridized carbons (Fsp3) is 0.174. The number of aromatic amines is 1. The third-order valence-electron chi connectivity index (χ3n) is 4.91. The van der Waals surface area contributed by atoms with Crippen LogP contribution in [0.25, 0.3) is 21.7 Å². The van der Waals surface area contributed by atoms with E-state index in [2.05, 4.69) is 15.3 Å². The SMILES string of the molecule is CCN(CC(=O)Nc1cccc2ccccc12)Cc1nc2ccccc2c(=O)[nH]1. The van der Waals surface area contributed by atoms with E-state index in [1.807, 2.05) is 72.5 Å². The Morgan fingerprint density at radius 1 is 1.00 bits per heavy atom. The molecule has 4 aromatic rings. The Morgan fingerprint density at radius 3 is 2.55 bits per heavy atom. The maximum Gasteiger partial charge on any atom is 0.258 e. The summed E-state index contributed by atoms with van der Waals surface area (Å²) in [5, 5.41) is 5.65. The molecule has 0 saturated heterocycles. The van der Waals surface area contributed by atoms with Crippen LogP contribution in [0.1, 0.15) is 12.7 Å². The van der Waals surface area contributed by atoms with Gasteiger partial charge in [0.2, 0.25) is 5.91 Å². The Kier molecular flexibility index (Phi) is 5.35. The molecule has 6 nitrogen and oxygen atoms in total. The number of anilines is 1. The quantitative estimate of drug-likeness (QED) is 0.531. The van der Waals surface area contributed by atoms with E-state index in [9.17, 15) is 9.59 Å². The molecule has 3 aromatic carbocycles. The van der Waals surface area contributed by atoms with Gasteiger partial charge in [0, 0.05) is 11.1 Å². The van der Waals surface area contributed by atoms with Crippen LogP contribution in [0.5, 0.6) is 0 Å². The van der Waals surface area contributed by atoms with Gasteiger partial charge in [-0.2, -0.15) is 0 Å². The zero-order valence-corrected chi connectivity index (χ0v) is 16.2. The van der Waals surface area contributed by atoms with Crippen molar-refractivity contribution in [3.63, 3.8) is 0 Å². The molecule has 0 atom stereocenters. The fourth-order valence-electron chi connectivity index (χ4n) is 3.43. The number of aromatic nitrogens is 2. The lowest BCUT2D eigenvalue weighted by Gasteiger charge is -2.19. The predicted octanol–water partition coefficient (Wildman–Crippen LogP) is 3.54. The minimum Gasteiger partial charge on any atom is -0.324 e. The van der Waals surface area contributed by atoms with Crippen molar-refractivity contribution in [3.05, 3.63) is 82.9 Å². The number of fused-ring (bicyclic) bond motifs is 2. The molecule has 0 saturated carbocycles. The Hall–Kier alpha value is -3.51. The molecule has 1 amide bonds. The van der Waals surface area contributed by atoms with Crippen LogP contribution in [0.2, 0.25) is 0 Å². The van der Waals surface area contributed by atoms with Crippen molar-refractivity contribution in [1.29, 1.82) is 0 Å². The molecule has 1 heterocycles. The van der Waals surface area contributed by atoms with Gasteiger partial charge in [-0.15, -0.1) is 0 Å². The third kappa shape index (κ3) is 4.17. The summed E-state index contributed by atoms with van der Waals surface area (Å²) in [6.45, 7) is 3.22. The molecule has 0 fully saturated rings. The predicted molar refractivity (Wildman–Crippen MR) is 116 cm³/mol. The molecule has 4 rings (SSSR count). The summed E-state index contributed by atoms with van der Waals surface area (Å²) in [5.41, 5.74) is 1.28. The van der Waals surface area contributed by atoms with Gasteiger partial charge in [0.1, 0.15) is 5.82 Å². The van der Waals surface area contributed by atoms with Crippen molar-refractivity contribution < 1.29 is 4.79 Å². The lowest BCUT2D eigenvalue weighted by Crippen LogP contribution is -2.33. The second-order valence-corrected chi connectivity index (χ2v) is 6.91. The maximum absolute atomic E-state index is 12.6. The molecule has 2 N–H and O–H groups in total. The van der Waals surface area contributed by atoms with Crippen molar-refractivity contribution in [3.8, 4) is 0 Å². The number of nitrogens with zero attached hydrogens (tertiary/aromatic N) is 2. The number of hydrogen-bond donors (Lipinski definition) is 2. The van der Waals surface area contributed by atoms with Crippen molar-refractivity contribution in [1.82, 2.24) is 14.9 Å². The number of nitrogens with one attached hydrogen (secondary N) is 2. The standard InChI is InChI=1S/C23H22N4O2/c1-2-27(14-21-24-20-12-6-5-11-18(20)23(29)26-21)15-22(28)25-19-13-7-9-16-8-3-4-10-17(16)19/h3-13H,2,14-15H2,1H3,(H,25,28)(H,24,26,29). The Labute approximate surface area is 168 Å². The van der Waals surface area contributed by atoms with Crippen LogP contribution >= 0.6 is 0 Å². The van der Waals surface area contributed by atoms with Crippen LogP contribution < -0.4 is 10.9 Å². The van der Waals surface area contributed by atoms with Crippen molar-refractivity contribution in [2.75, 3.05) is 18.4 Å². The van der Waals surface area contributed by atoms with Crippen LogP contribution in [0, 0.1) is 0 Å². The van der Waals surface area contributed by atoms with Gasteiger partial charge in [-0.05, 0) is 30.1 Å². The molecular weight excluding hydrogens is 364 g/mol. The normalized spacial score (nSPS) is 11.2. The van der Waals surface area contributed by atoms with E-state index < -0.39 is 0 Å². The van der Waals surface area contributed by atoms with Crippen molar-refractivity contribution in [2.24, 2.45) is 0 Å². The first-order valence-corrected chi connectivity index (χ1v) is 9.62. The topological polar surface area (TPSA) is 78.1 Å². The number of likely N-dealkylation sites (N-methyl/N-ethyl adjacent to an activating group) is 1. The number of rotatable bonds is 6. The lowest BCUT2D eigenvalue weighted by atomic mass is 10.1. The lowest BCUT2D eigenvalue weighted by molar-refractivity contribution is -0.117. The van der Waals surface area contributed by atoms with Crippen molar-refractivity contribution >= 4 is 33.3 Å². The van der Waals surface area contributed by atoms with Crippen LogP contribution in [0.3, 0.4) is 0 Å². The molecule has 29 heavy (non-hydrogen) atoms. The highest BCUT2D eigenvalue weighted by Crippen LogP contribution is 2.22. The maximum atomic E-state index is 12.6. The van der Waals surface area contributed by atoms with Crippen LogP contribution in [-0.2, 0) is 11.3 Å². The van der Waals surface area contributed by atoms with E-state index in [0.717, 1.165) is 16.5 Å². The zero-order valence-electron chi connectivity index (χ0n) is 16.2. The Morgan fingerprint density at radius 2 is 1.72 bits per heavy atom. The van der Waals surface area contributed by atoms with Crippen LogP contribution in [0.4, 0.5) is 5.69 Å². The average Bonchev–Trinajstić information content (AvgIpc) is 2.73. The van der Waals surface area contributed by atoms with Gasteiger partial charge < -0.3 is 10.3 Å². The molecule has 0 aliphatic heterocycles. The Bertz CT molecular complexity index is 1230. The van der Waals surface area contributed by atoms with Gasteiger partial charge in [-0.1, -0.05) is 55.5 Å². The molecule has 0 bridgehead atoms. The van der Waals surface area contributed by atoms with E-state index in [1.165, 1.54) is 0 Å². The summed E-state index contributed by atoms with van der Waals surface area (Å²) >= 11 is 0. The van der Waals surface area contributed by atoms with Gasteiger partial charge >= 0.3 is 0 Å². The number of H-pyrrole nitrogens is 1. The molecule has 146 valence electrons. The smallest absolute Gasteiger partial charge is 0.258 e. The number of carbonyl (C=O) groups excluding carboxylic acids is 1. The van der Waals surface area contributed by atoms with Gasteiger partial charge in [-0.25, -0.2) is 4.98 Å². The van der Waals surface area contributed by atoms with Crippen LogP contribution in [0.15, 0.2) is 71.5 Å². The molecule has 0 spiro atoms. The fourth-order valence-corrected chi connectivity index (χ4v) is 3.43. The zero-order chi connectivity index (χ0) is 20.2. The monoisotopic (exact) mass is 386 g/mol. The van der Waals surface area contributed by atoms with E-state index in [1.54, 1.807) is 6.07 Å². The highest BCUT2D eigenvalue weighted by Gasteiger charge is 2.13. The van der Waals surface area contributed by atoms with Gasteiger partial charge in [0.25, 0.3) is 5.56 Å². The first kappa shape index (κ1) is 18.8. The summed E-state index contributed by atoms with van der Waals surface area (Å²) in [5.74, 6) is 0.444. The molecule has 6 heteroatoms. The molecule has 0 aliphatic carbocycles. The number of benzene rings is 3. The minimum absolute atomic E-state index is 0.105. The van der Waals surface area contributed by atoms with E-state index >= 15 is 0 Å². The molecule has 0 radical (unpaired) electrons. The number of amides is 1. The summed E-state index contributed by atoms with van der Waals surface area (Å²) in [6.07, 6.45) is 0. The molecule has 0 aliphatic rings. The van der Waals surface area contributed by atoms with E-state index in [-0.39, 0.29) is 18.0 Å². The largest absolute Gasteiger partial charge is 0.324 e. The van der Waals surface area contributed by atoms with Crippen molar-refractivity contribution in [2.45, 2.75) is 13.5 Å². The number of hydrogen-bond acceptors (Lipinski definition) is 4. The average molecular weight is 386 g/mol. The highest BCUT2D eigenvalue weighted by atomic mass is 16.2. The number of para-hydroxylation sites is 1. The van der Waals surface area contributed by atoms with Gasteiger partial charge in [-0.3, -0.25) is 14.5 Å². The summed E-state index contributed by atoms with van der Waals surface area (Å²) < 4.78 is 0. The van der Waals surface area contributed by atoms with Gasteiger partial charge in [0.15, 0.2) is 0 Å². The van der Waals surface area contributed by atoms with Gasteiger partial charge in [0.05, 0.1) is 24.0 Å². The second kappa shape index (κ2) is 8.24. The summed E-state index contributed by atoms with van der Waals surface area (Å²) in [4.78, 5) is 34.2. The first-order chi connectivity index (χ1) is 14.1. The second-order valence-electron chi connectivity index (χ2n) is 6.91. The third-order valence-corrected chi connectivity index (χ3v) is 4.91. The van der Waals surface area contributed by atoms with E-state index in [0.29, 0.717) is 29.8 Å².